The van der Waals surface area contributed by atoms with Gasteiger partial charge in [0.25, 0.3) is 0 Å². The maximum Gasteiger partial charge on any atom is 0.322 e. The van der Waals surface area contributed by atoms with Gasteiger partial charge in [-0.3, -0.25) is 4.79 Å². The van der Waals surface area contributed by atoms with Gasteiger partial charge in [-0.2, -0.15) is 0 Å². The van der Waals surface area contributed by atoms with E-state index in [0.29, 0.717) is 6.61 Å². The Labute approximate surface area is 66.7 Å². The Kier molecular flexibility index (Phi) is 4.81. The van der Waals surface area contributed by atoms with Crippen LogP contribution >= 0.6 is 0 Å². The van der Waals surface area contributed by atoms with E-state index in [2.05, 4.69) is 0 Å². The molecule has 0 radical (unpaired) electrons. The molecule has 0 aliphatic rings. The summed E-state index contributed by atoms with van der Waals surface area (Å²) in [6, 6.07) is -0.561. The van der Waals surface area contributed by atoms with Gasteiger partial charge < -0.3 is 15.2 Å². The molecule has 66 valence electrons. The highest BCUT2D eigenvalue weighted by molar-refractivity contribution is 5.75. The predicted octanol–water partition coefficient (Wildman–Crippen LogP) is -0.0883. The van der Waals surface area contributed by atoms with Crippen molar-refractivity contribution in [3.8, 4) is 0 Å². The first-order chi connectivity index (χ1) is 5.07. The second-order valence-corrected chi connectivity index (χ2v) is 2.49. The molecule has 4 heteroatoms. The van der Waals surface area contributed by atoms with Crippen LogP contribution in [0.1, 0.15) is 13.8 Å². The topological polar surface area (TPSA) is 61.5 Å². The molecule has 0 saturated heterocycles. The van der Waals surface area contributed by atoms with Crippen molar-refractivity contribution in [3.63, 3.8) is 0 Å². The van der Waals surface area contributed by atoms with Crippen LogP contribution in [0.3, 0.4) is 0 Å². The first kappa shape index (κ1) is 10.4. The van der Waals surface area contributed by atoms with Crippen molar-refractivity contribution >= 4 is 5.97 Å². The molecule has 4 nitrogen and oxygen atoms in total. The molecule has 0 aliphatic heterocycles. The average molecular weight is 161 g/mol. The van der Waals surface area contributed by atoms with E-state index in [1.54, 1.807) is 21.0 Å². The van der Waals surface area contributed by atoms with Crippen LogP contribution in [0.2, 0.25) is 0 Å². The lowest BCUT2D eigenvalue weighted by molar-refractivity contribution is -0.151. The fourth-order valence-electron chi connectivity index (χ4n) is 0.574. The minimum absolute atomic E-state index is 0.224. The summed E-state index contributed by atoms with van der Waals surface area (Å²) in [4.78, 5) is 10.8. The summed E-state index contributed by atoms with van der Waals surface area (Å²) in [5.74, 6) is -0.394. The van der Waals surface area contributed by atoms with E-state index < -0.39 is 12.0 Å². The first-order valence-electron chi connectivity index (χ1n) is 3.53. The van der Waals surface area contributed by atoms with E-state index in [-0.39, 0.29) is 6.10 Å². The van der Waals surface area contributed by atoms with E-state index in [4.69, 9.17) is 15.2 Å². The van der Waals surface area contributed by atoms with Gasteiger partial charge in [-0.25, -0.2) is 0 Å². The molecule has 0 unspecified atom stereocenters. The Balaban J connectivity index is 3.57. The van der Waals surface area contributed by atoms with Crippen LogP contribution in [0.15, 0.2) is 0 Å². The molecule has 0 amide bonds. The van der Waals surface area contributed by atoms with Crippen LogP contribution in [-0.4, -0.2) is 31.8 Å². The molecule has 2 N–H and O–H groups in total. The molecule has 11 heavy (non-hydrogen) atoms. The largest absolute Gasteiger partial charge is 0.459 e. The molecule has 0 aromatic carbocycles. The van der Waals surface area contributed by atoms with Crippen molar-refractivity contribution in [1.29, 1.82) is 0 Å². The molecule has 0 fully saturated rings. The number of hydrogen-bond acceptors (Lipinski definition) is 4. The normalized spacial score (nSPS) is 15.6. The van der Waals surface area contributed by atoms with Crippen molar-refractivity contribution in [3.05, 3.63) is 0 Å². The van der Waals surface area contributed by atoms with E-state index in [1.807, 2.05) is 0 Å². The number of hydrogen-bond donors (Lipinski definition) is 1. The van der Waals surface area contributed by atoms with Gasteiger partial charge in [0.1, 0.15) is 12.1 Å². The molecule has 0 aliphatic carbocycles. The Bertz CT molecular complexity index is 125. The molecule has 0 saturated carbocycles. The van der Waals surface area contributed by atoms with Gasteiger partial charge >= 0.3 is 5.97 Å². The van der Waals surface area contributed by atoms with Crippen LogP contribution in [0.25, 0.3) is 0 Å². The van der Waals surface area contributed by atoms with E-state index >= 15 is 0 Å². The predicted molar refractivity (Wildman–Crippen MR) is 41.1 cm³/mol. The SMILES string of the molecule is COC[C@@H](C)OC(=O)[C@H](C)N. The van der Waals surface area contributed by atoms with Gasteiger partial charge in [-0.1, -0.05) is 0 Å². The number of methoxy groups -OCH3 is 1. The van der Waals surface area contributed by atoms with E-state index in [1.165, 1.54) is 0 Å². The van der Waals surface area contributed by atoms with Crippen LogP contribution in [-0.2, 0) is 14.3 Å². The molecular weight excluding hydrogens is 146 g/mol. The maximum absolute atomic E-state index is 10.8. The number of carbonyl (C=O) groups is 1. The van der Waals surface area contributed by atoms with Crippen LogP contribution in [0.5, 0.6) is 0 Å². The van der Waals surface area contributed by atoms with Crippen molar-refractivity contribution < 1.29 is 14.3 Å². The third-order valence-electron chi connectivity index (χ3n) is 1.09. The van der Waals surface area contributed by atoms with Crippen LogP contribution in [0, 0.1) is 0 Å². The van der Waals surface area contributed by atoms with Gasteiger partial charge in [0.05, 0.1) is 6.61 Å². The van der Waals surface area contributed by atoms with Gasteiger partial charge in [0.15, 0.2) is 0 Å². The van der Waals surface area contributed by atoms with Gasteiger partial charge in [0.2, 0.25) is 0 Å². The first-order valence-corrected chi connectivity index (χ1v) is 3.53. The fraction of sp³-hybridized carbons (Fsp3) is 0.857. The number of rotatable bonds is 4. The van der Waals surface area contributed by atoms with Crippen LogP contribution in [0.4, 0.5) is 0 Å². The number of carbonyl (C=O) groups excluding carboxylic acids is 1. The molecule has 0 rings (SSSR count). The molecular formula is C7H15NO3. The summed E-state index contributed by atoms with van der Waals surface area (Å²) in [5.41, 5.74) is 5.27. The quantitative estimate of drug-likeness (QED) is 0.585. The zero-order chi connectivity index (χ0) is 8.85. The monoisotopic (exact) mass is 161 g/mol. The average Bonchev–Trinajstić information content (AvgIpc) is 1.87. The zero-order valence-corrected chi connectivity index (χ0v) is 7.16. The molecule has 2 atom stereocenters. The minimum Gasteiger partial charge on any atom is -0.459 e. The fourth-order valence-corrected chi connectivity index (χ4v) is 0.574. The summed E-state index contributed by atoms with van der Waals surface area (Å²) in [6.45, 7) is 3.74. The molecule has 0 bridgehead atoms. The number of ether oxygens (including phenoxy) is 2. The lowest BCUT2D eigenvalue weighted by atomic mass is 10.3. The van der Waals surface area contributed by atoms with E-state index in [0.717, 1.165) is 0 Å². The van der Waals surface area contributed by atoms with Crippen molar-refractivity contribution in [2.24, 2.45) is 5.73 Å². The Morgan fingerprint density at radius 1 is 1.55 bits per heavy atom. The molecule has 0 heterocycles. The highest BCUT2D eigenvalue weighted by Crippen LogP contribution is 1.93. The summed E-state index contributed by atoms with van der Waals surface area (Å²) in [7, 11) is 1.55. The van der Waals surface area contributed by atoms with Crippen LogP contribution < -0.4 is 5.73 Å². The van der Waals surface area contributed by atoms with Gasteiger partial charge in [-0.05, 0) is 13.8 Å². The highest BCUT2D eigenvalue weighted by Gasteiger charge is 2.12. The molecule has 0 spiro atoms. The molecule has 0 aromatic rings. The smallest absolute Gasteiger partial charge is 0.322 e. The van der Waals surface area contributed by atoms with Gasteiger partial charge in [-0.15, -0.1) is 0 Å². The standard InChI is InChI=1S/C7H15NO3/c1-5(4-10-3)11-7(9)6(2)8/h5-6H,4,8H2,1-3H3/t5-,6+/m1/s1. The Hall–Kier alpha value is -0.610. The summed E-state index contributed by atoms with van der Waals surface area (Å²) >= 11 is 0. The third kappa shape index (κ3) is 4.75. The maximum atomic E-state index is 10.8. The van der Waals surface area contributed by atoms with Crippen molar-refractivity contribution in [2.75, 3.05) is 13.7 Å². The lowest BCUT2D eigenvalue weighted by Gasteiger charge is -2.13. The Morgan fingerprint density at radius 3 is 2.45 bits per heavy atom. The van der Waals surface area contributed by atoms with E-state index in [9.17, 15) is 4.79 Å². The van der Waals surface area contributed by atoms with Gasteiger partial charge in [0, 0.05) is 7.11 Å². The minimum atomic E-state index is -0.561. The Morgan fingerprint density at radius 2 is 2.09 bits per heavy atom. The highest BCUT2D eigenvalue weighted by atomic mass is 16.6. The summed E-state index contributed by atoms with van der Waals surface area (Å²) in [5, 5.41) is 0. The summed E-state index contributed by atoms with van der Waals surface area (Å²) < 4.78 is 9.63. The van der Waals surface area contributed by atoms with Crippen molar-refractivity contribution in [2.45, 2.75) is 26.0 Å². The second-order valence-electron chi connectivity index (χ2n) is 2.49. The third-order valence-corrected chi connectivity index (χ3v) is 1.09. The zero-order valence-electron chi connectivity index (χ0n) is 7.16. The second kappa shape index (κ2) is 5.09. The van der Waals surface area contributed by atoms with Crippen molar-refractivity contribution in [1.82, 2.24) is 0 Å². The summed E-state index contributed by atoms with van der Waals surface area (Å²) in [6.07, 6.45) is -0.224. The lowest BCUT2D eigenvalue weighted by Crippen LogP contribution is -2.32. The molecule has 0 aromatic heterocycles. The number of nitrogens with two attached hydrogens (primary N) is 1. The number of esters is 1.